The van der Waals surface area contributed by atoms with E-state index in [-0.39, 0.29) is 11.5 Å². The first kappa shape index (κ1) is 21.1. The van der Waals surface area contributed by atoms with E-state index in [1.54, 1.807) is 42.5 Å². The fourth-order valence-electron chi connectivity index (χ4n) is 2.67. The van der Waals surface area contributed by atoms with Gasteiger partial charge in [-0.05, 0) is 55.1 Å². The van der Waals surface area contributed by atoms with Gasteiger partial charge in [0.05, 0.1) is 16.2 Å². The van der Waals surface area contributed by atoms with Crippen LogP contribution in [0.3, 0.4) is 0 Å². The maximum absolute atomic E-state index is 12.8. The number of amidine groups is 1. The molecular weight excluding hydrogens is 408 g/mol. The molecule has 9 heteroatoms. The van der Waals surface area contributed by atoms with E-state index in [0.29, 0.717) is 33.6 Å². The SMILES string of the molecule is CCN1C(=O)C(=Cc2ccccc2OCC(=O)O)SC1=Nc1ccc(C(=O)O)cc1. The van der Waals surface area contributed by atoms with E-state index in [1.165, 1.54) is 28.8 Å². The number of carbonyl (C=O) groups is 3. The van der Waals surface area contributed by atoms with E-state index in [4.69, 9.17) is 14.9 Å². The van der Waals surface area contributed by atoms with Crippen molar-refractivity contribution < 1.29 is 29.3 Å². The van der Waals surface area contributed by atoms with E-state index < -0.39 is 18.5 Å². The van der Waals surface area contributed by atoms with Crippen LogP contribution in [0.15, 0.2) is 58.4 Å². The average molecular weight is 426 g/mol. The largest absolute Gasteiger partial charge is 0.481 e. The van der Waals surface area contributed by atoms with Crippen molar-refractivity contribution in [2.45, 2.75) is 6.92 Å². The second-order valence-corrected chi connectivity index (χ2v) is 7.14. The fourth-order valence-corrected chi connectivity index (χ4v) is 3.72. The third kappa shape index (κ3) is 4.87. The first-order valence-corrected chi connectivity index (χ1v) is 9.77. The van der Waals surface area contributed by atoms with Crippen molar-refractivity contribution in [3.05, 3.63) is 64.6 Å². The Morgan fingerprint density at radius 1 is 1.13 bits per heavy atom. The molecule has 0 saturated carbocycles. The molecule has 2 aromatic rings. The summed E-state index contributed by atoms with van der Waals surface area (Å²) < 4.78 is 5.29. The topological polar surface area (TPSA) is 117 Å². The molecule has 154 valence electrons. The quantitative estimate of drug-likeness (QED) is 0.651. The van der Waals surface area contributed by atoms with Gasteiger partial charge in [0.2, 0.25) is 0 Å². The zero-order valence-electron chi connectivity index (χ0n) is 15.9. The zero-order chi connectivity index (χ0) is 21.7. The summed E-state index contributed by atoms with van der Waals surface area (Å²) in [6, 6.07) is 12.9. The van der Waals surface area contributed by atoms with Crippen LogP contribution in [-0.2, 0) is 9.59 Å². The molecule has 0 bridgehead atoms. The number of aliphatic imine (C=N–C) groups is 1. The minimum absolute atomic E-state index is 0.153. The number of thioether (sulfide) groups is 1. The fraction of sp³-hybridized carbons (Fsp3) is 0.143. The molecule has 2 aromatic carbocycles. The number of carboxylic acid groups (broad SMARTS) is 2. The number of hydrogen-bond acceptors (Lipinski definition) is 6. The van der Waals surface area contributed by atoms with Crippen LogP contribution in [0.4, 0.5) is 5.69 Å². The summed E-state index contributed by atoms with van der Waals surface area (Å²) in [4.78, 5) is 41.0. The van der Waals surface area contributed by atoms with Gasteiger partial charge in [-0.1, -0.05) is 18.2 Å². The third-order valence-corrected chi connectivity index (χ3v) is 5.11. The maximum atomic E-state index is 12.8. The van der Waals surface area contributed by atoms with Crippen LogP contribution in [0, 0.1) is 0 Å². The molecule has 1 aliphatic rings. The van der Waals surface area contributed by atoms with Crippen molar-refractivity contribution in [2.24, 2.45) is 4.99 Å². The summed E-state index contributed by atoms with van der Waals surface area (Å²) in [6.45, 7) is 1.75. The van der Waals surface area contributed by atoms with Crippen molar-refractivity contribution in [1.82, 2.24) is 4.90 Å². The van der Waals surface area contributed by atoms with Crippen LogP contribution < -0.4 is 4.74 Å². The highest BCUT2D eigenvalue weighted by Crippen LogP contribution is 2.35. The first-order chi connectivity index (χ1) is 14.4. The van der Waals surface area contributed by atoms with Gasteiger partial charge >= 0.3 is 11.9 Å². The van der Waals surface area contributed by atoms with Gasteiger partial charge in [0.15, 0.2) is 11.8 Å². The lowest BCUT2D eigenvalue weighted by Crippen LogP contribution is -2.28. The minimum Gasteiger partial charge on any atom is -0.481 e. The Bertz CT molecular complexity index is 1050. The predicted molar refractivity (Wildman–Crippen MR) is 113 cm³/mol. The molecule has 1 heterocycles. The van der Waals surface area contributed by atoms with Crippen molar-refractivity contribution >= 4 is 46.5 Å². The summed E-state index contributed by atoms with van der Waals surface area (Å²) in [7, 11) is 0. The summed E-state index contributed by atoms with van der Waals surface area (Å²) >= 11 is 1.18. The number of amides is 1. The molecule has 0 atom stereocenters. The van der Waals surface area contributed by atoms with Gasteiger partial charge in [0.25, 0.3) is 5.91 Å². The second kappa shape index (κ2) is 9.27. The van der Waals surface area contributed by atoms with Gasteiger partial charge in [-0.15, -0.1) is 0 Å². The van der Waals surface area contributed by atoms with E-state index in [0.717, 1.165) is 0 Å². The van der Waals surface area contributed by atoms with Gasteiger partial charge in [0.1, 0.15) is 5.75 Å². The van der Waals surface area contributed by atoms with Crippen LogP contribution in [0.5, 0.6) is 5.75 Å². The Morgan fingerprint density at radius 3 is 2.47 bits per heavy atom. The zero-order valence-corrected chi connectivity index (χ0v) is 16.8. The highest BCUT2D eigenvalue weighted by molar-refractivity contribution is 8.18. The molecule has 3 rings (SSSR count). The summed E-state index contributed by atoms with van der Waals surface area (Å²) in [5.74, 6) is -1.98. The van der Waals surface area contributed by atoms with Crippen molar-refractivity contribution in [2.75, 3.05) is 13.2 Å². The Labute approximate surface area is 176 Å². The smallest absolute Gasteiger partial charge is 0.341 e. The first-order valence-electron chi connectivity index (χ1n) is 8.96. The molecule has 1 aliphatic heterocycles. The van der Waals surface area contributed by atoms with Gasteiger partial charge < -0.3 is 14.9 Å². The number of aliphatic carboxylic acids is 1. The Balaban J connectivity index is 1.89. The van der Waals surface area contributed by atoms with Crippen LogP contribution in [0.2, 0.25) is 0 Å². The molecule has 0 aliphatic carbocycles. The van der Waals surface area contributed by atoms with E-state index >= 15 is 0 Å². The lowest BCUT2D eigenvalue weighted by molar-refractivity contribution is -0.139. The number of hydrogen-bond donors (Lipinski definition) is 2. The molecule has 2 N–H and O–H groups in total. The van der Waals surface area contributed by atoms with E-state index in [9.17, 15) is 14.4 Å². The minimum atomic E-state index is -1.09. The average Bonchev–Trinajstić information content (AvgIpc) is 3.01. The van der Waals surface area contributed by atoms with Crippen LogP contribution >= 0.6 is 11.8 Å². The number of nitrogens with zero attached hydrogens (tertiary/aromatic N) is 2. The predicted octanol–water partition coefficient (Wildman–Crippen LogP) is 3.47. The standard InChI is InChI=1S/C21H18N2O6S/c1-2-23-19(26)17(11-14-5-3-4-6-16(14)29-12-18(24)25)30-21(23)22-15-9-7-13(8-10-15)20(27)28/h3-11H,2,12H2,1H3,(H,24,25)(H,27,28). The molecule has 1 amide bonds. The molecule has 8 nitrogen and oxygen atoms in total. The number of likely N-dealkylation sites (N-methyl/N-ethyl adjacent to an activating group) is 1. The van der Waals surface area contributed by atoms with Gasteiger partial charge in [0, 0.05) is 12.1 Å². The molecule has 30 heavy (non-hydrogen) atoms. The van der Waals surface area contributed by atoms with Crippen LogP contribution in [0.1, 0.15) is 22.8 Å². The van der Waals surface area contributed by atoms with E-state index in [1.807, 2.05) is 6.92 Å². The van der Waals surface area contributed by atoms with Crippen molar-refractivity contribution in [3.63, 3.8) is 0 Å². The van der Waals surface area contributed by atoms with Gasteiger partial charge in [-0.25, -0.2) is 14.6 Å². The Kier molecular flexibility index (Phi) is 6.53. The number of ether oxygens (including phenoxy) is 1. The highest BCUT2D eigenvalue weighted by atomic mass is 32.2. The van der Waals surface area contributed by atoms with Crippen LogP contribution in [0.25, 0.3) is 6.08 Å². The lowest BCUT2D eigenvalue weighted by Gasteiger charge is -2.12. The molecule has 0 unspecified atom stereocenters. The van der Waals surface area contributed by atoms with Gasteiger partial charge in [-0.2, -0.15) is 0 Å². The molecule has 1 fully saturated rings. The van der Waals surface area contributed by atoms with Crippen molar-refractivity contribution in [3.8, 4) is 5.75 Å². The lowest BCUT2D eigenvalue weighted by atomic mass is 10.2. The number of para-hydroxylation sites is 1. The Hall–Kier alpha value is -3.59. The molecule has 0 aromatic heterocycles. The number of rotatable bonds is 7. The number of aromatic carboxylic acids is 1. The van der Waals surface area contributed by atoms with Crippen molar-refractivity contribution in [1.29, 1.82) is 0 Å². The molecule has 0 radical (unpaired) electrons. The molecular formula is C21H18N2O6S. The molecule has 0 spiro atoms. The normalized spacial score (nSPS) is 16.3. The maximum Gasteiger partial charge on any atom is 0.341 e. The monoisotopic (exact) mass is 426 g/mol. The van der Waals surface area contributed by atoms with E-state index in [2.05, 4.69) is 4.99 Å². The number of carbonyl (C=O) groups excluding carboxylic acids is 1. The summed E-state index contributed by atoms with van der Waals surface area (Å²) in [5, 5.41) is 18.3. The summed E-state index contributed by atoms with van der Waals surface area (Å²) in [6.07, 6.45) is 1.64. The second-order valence-electron chi connectivity index (χ2n) is 6.13. The summed E-state index contributed by atoms with van der Waals surface area (Å²) in [5.41, 5.74) is 1.26. The van der Waals surface area contributed by atoms with Crippen LogP contribution in [-0.4, -0.2) is 51.3 Å². The third-order valence-electron chi connectivity index (χ3n) is 4.10. The van der Waals surface area contributed by atoms with Gasteiger partial charge in [-0.3, -0.25) is 9.69 Å². The molecule has 1 saturated heterocycles. The Morgan fingerprint density at radius 2 is 1.83 bits per heavy atom. The number of carboxylic acids is 2. The number of benzene rings is 2. The highest BCUT2D eigenvalue weighted by Gasteiger charge is 2.32.